The van der Waals surface area contributed by atoms with E-state index in [1.54, 1.807) is 0 Å². The highest BCUT2D eigenvalue weighted by Crippen LogP contribution is 2.25. The molecule has 0 bridgehead atoms. The van der Waals surface area contributed by atoms with E-state index in [1.807, 2.05) is 6.20 Å². The van der Waals surface area contributed by atoms with Crippen molar-refractivity contribution in [3.8, 4) is 0 Å². The van der Waals surface area contributed by atoms with Crippen LogP contribution < -0.4 is 0 Å². The average molecular weight is 213 g/mol. The SMILES string of the molecule is CC(C)(C)n1ccc2nc3[nH]ccc3cc21. The normalized spacial score (nSPS) is 12.7. The maximum atomic E-state index is 4.60. The van der Waals surface area contributed by atoms with Crippen molar-refractivity contribution < 1.29 is 0 Å². The molecule has 16 heavy (non-hydrogen) atoms. The minimum atomic E-state index is 0.0907. The van der Waals surface area contributed by atoms with Gasteiger partial charge in [-0.15, -0.1) is 0 Å². The Bertz CT molecular complexity index is 652. The van der Waals surface area contributed by atoms with E-state index in [9.17, 15) is 0 Å². The highest BCUT2D eigenvalue weighted by Gasteiger charge is 2.15. The molecule has 0 aliphatic heterocycles. The fraction of sp³-hybridized carbons (Fsp3) is 0.308. The Kier molecular flexibility index (Phi) is 1.70. The summed E-state index contributed by atoms with van der Waals surface area (Å²) in [6, 6.07) is 6.32. The third-order valence-electron chi connectivity index (χ3n) is 2.91. The zero-order valence-corrected chi connectivity index (χ0v) is 9.78. The molecule has 3 heteroatoms. The molecule has 0 aliphatic carbocycles. The van der Waals surface area contributed by atoms with Gasteiger partial charge in [0, 0.05) is 23.3 Å². The van der Waals surface area contributed by atoms with E-state index in [4.69, 9.17) is 0 Å². The Morgan fingerprint density at radius 3 is 2.81 bits per heavy atom. The zero-order valence-electron chi connectivity index (χ0n) is 9.78. The fourth-order valence-electron chi connectivity index (χ4n) is 2.11. The van der Waals surface area contributed by atoms with E-state index in [0.29, 0.717) is 0 Å². The van der Waals surface area contributed by atoms with Gasteiger partial charge in [0.25, 0.3) is 0 Å². The first-order chi connectivity index (χ1) is 7.55. The summed E-state index contributed by atoms with van der Waals surface area (Å²) in [5, 5.41) is 1.16. The van der Waals surface area contributed by atoms with E-state index in [2.05, 4.69) is 59.7 Å². The first-order valence-electron chi connectivity index (χ1n) is 5.51. The summed E-state index contributed by atoms with van der Waals surface area (Å²) < 4.78 is 2.27. The Balaban J connectivity index is 2.40. The second-order valence-electron chi connectivity index (χ2n) is 5.16. The number of rotatable bonds is 0. The fourth-order valence-corrected chi connectivity index (χ4v) is 2.11. The lowest BCUT2D eigenvalue weighted by Gasteiger charge is -2.22. The smallest absolute Gasteiger partial charge is 0.138 e. The maximum Gasteiger partial charge on any atom is 0.138 e. The van der Waals surface area contributed by atoms with Gasteiger partial charge in [-0.05, 0) is 39.0 Å². The summed E-state index contributed by atoms with van der Waals surface area (Å²) >= 11 is 0. The van der Waals surface area contributed by atoms with Crippen LogP contribution in [0.5, 0.6) is 0 Å². The van der Waals surface area contributed by atoms with Crippen LogP contribution in [0.4, 0.5) is 0 Å². The van der Waals surface area contributed by atoms with Crippen LogP contribution in [0.15, 0.2) is 30.6 Å². The highest BCUT2D eigenvalue weighted by atomic mass is 15.0. The summed E-state index contributed by atoms with van der Waals surface area (Å²) in [5.41, 5.74) is 3.29. The second-order valence-corrected chi connectivity index (χ2v) is 5.16. The van der Waals surface area contributed by atoms with Crippen molar-refractivity contribution in [1.82, 2.24) is 14.5 Å². The van der Waals surface area contributed by atoms with Crippen LogP contribution >= 0.6 is 0 Å². The van der Waals surface area contributed by atoms with Gasteiger partial charge in [-0.3, -0.25) is 0 Å². The van der Waals surface area contributed by atoms with Gasteiger partial charge in [0.2, 0.25) is 0 Å². The van der Waals surface area contributed by atoms with Gasteiger partial charge in [-0.2, -0.15) is 0 Å². The van der Waals surface area contributed by atoms with E-state index >= 15 is 0 Å². The molecule has 3 nitrogen and oxygen atoms in total. The lowest BCUT2D eigenvalue weighted by molar-refractivity contribution is 0.411. The lowest BCUT2D eigenvalue weighted by atomic mass is 10.1. The van der Waals surface area contributed by atoms with Crippen molar-refractivity contribution in [2.45, 2.75) is 26.3 Å². The Hall–Kier alpha value is -1.77. The van der Waals surface area contributed by atoms with Gasteiger partial charge >= 0.3 is 0 Å². The Morgan fingerprint density at radius 2 is 2.06 bits per heavy atom. The number of pyridine rings is 1. The molecule has 82 valence electrons. The quantitative estimate of drug-likeness (QED) is 0.611. The third kappa shape index (κ3) is 1.24. The summed E-state index contributed by atoms with van der Waals surface area (Å²) in [5.74, 6) is 0. The molecule has 3 rings (SSSR count). The number of nitrogens with one attached hydrogen (secondary N) is 1. The molecule has 0 radical (unpaired) electrons. The van der Waals surface area contributed by atoms with Crippen LogP contribution in [-0.2, 0) is 5.54 Å². The first-order valence-corrected chi connectivity index (χ1v) is 5.51. The molecule has 0 unspecified atom stereocenters. The number of fused-ring (bicyclic) bond motifs is 2. The van der Waals surface area contributed by atoms with E-state index in [1.165, 1.54) is 5.52 Å². The highest BCUT2D eigenvalue weighted by molar-refractivity contribution is 5.90. The van der Waals surface area contributed by atoms with Crippen LogP contribution in [0.1, 0.15) is 20.8 Å². The molecule has 3 aromatic heterocycles. The molecule has 0 aromatic carbocycles. The lowest BCUT2D eigenvalue weighted by Crippen LogP contribution is -2.20. The average Bonchev–Trinajstić information content (AvgIpc) is 2.76. The van der Waals surface area contributed by atoms with Crippen LogP contribution in [0, 0.1) is 0 Å². The standard InChI is InChI=1S/C13H15N3/c1-13(2,3)16-7-5-10-11(16)8-9-4-6-14-12(9)15-10/h4-8H,1-3H3,(H,14,15). The monoisotopic (exact) mass is 213 g/mol. The van der Waals surface area contributed by atoms with Crippen molar-refractivity contribution in [3.63, 3.8) is 0 Å². The number of H-pyrrole nitrogens is 1. The van der Waals surface area contributed by atoms with E-state index in [-0.39, 0.29) is 5.54 Å². The molecular formula is C13H15N3. The molecule has 0 fully saturated rings. The van der Waals surface area contributed by atoms with E-state index in [0.717, 1.165) is 16.6 Å². The molecular weight excluding hydrogens is 198 g/mol. The van der Waals surface area contributed by atoms with Gasteiger partial charge in [-0.25, -0.2) is 4.98 Å². The first kappa shape index (κ1) is 9.46. The summed E-state index contributed by atoms with van der Waals surface area (Å²) in [7, 11) is 0. The van der Waals surface area contributed by atoms with Gasteiger partial charge in [0.1, 0.15) is 5.65 Å². The van der Waals surface area contributed by atoms with Crippen LogP contribution in [0.2, 0.25) is 0 Å². The van der Waals surface area contributed by atoms with Crippen molar-refractivity contribution in [2.75, 3.05) is 0 Å². The molecule has 0 saturated carbocycles. The number of aromatic amines is 1. The topological polar surface area (TPSA) is 33.6 Å². The molecule has 0 spiro atoms. The minimum absolute atomic E-state index is 0.0907. The number of hydrogen-bond donors (Lipinski definition) is 1. The van der Waals surface area contributed by atoms with Crippen molar-refractivity contribution >= 4 is 22.1 Å². The second kappa shape index (κ2) is 2.88. The predicted molar refractivity (Wildman–Crippen MR) is 66.6 cm³/mol. The molecule has 3 aromatic rings. The van der Waals surface area contributed by atoms with Crippen molar-refractivity contribution in [2.24, 2.45) is 0 Å². The molecule has 0 atom stereocenters. The number of nitrogens with zero attached hydrogens (tertiary/aromatic N) is 2. The molecule has 3 heterocycles. The predicted octanol–water partition coefficient (Wildman–Crippen LogP) is 3.27. The molecule has 0 amide bonds. The third-order valence-corrected chi connectivity index (χ3v) is 2.91. The summed E-state index contributed by atoms with van der Waals surface area (Å²) in [4.78, 5) is 7.73. The largest absolute Gasteiger partial charge is 0.346 e. The molecule has 1 N–H and O–H groups in total. The Morgan fingerprint density at radius 1 is 1.25 bits per heavy atom. The number of hydrogen-bond acceptors (Lipinski definition) is 1. The number of aromatic nitrogens is 3. The summed E-state index contributed by atoms with van der Waals surface area (Å²) in [6.07, 6.45) is 4.04. The van der Waals surface area contributed by atoms with Crippen LogP contribution in [0.3, 0.4) is 0 Å². The van der Waals surface area contributed by atoms with Gasteiger partial charge in [-0.1, -0.05) is 0 Å². The summed E-state index contributed by atoms with van der Waals surface area (Å²) in [6.45, 7) is 6.61. The minimum Gasteiger partial charge on any atom is -0.346 e. The van der Waals surface area contributed by atoms with Gasteiger partial charge in [0.05, 0.1) is 11.0 Å². The Labute approximate surface area is 94.1 Å². The van der Waals surface area contributed by atoms with Crippen LogP contribution in [-0.4, -0.2) is 14.5 Å². The van der Waals surface area contributed by atoms with Crippen LogP contribution in [0.25, 0.3) is 22.1 Å². The zero-order chi connectivity index (χ0) is 11.3. The van der Waals surface area contributed by atoms with E-state index < -0.39 is 0 Å². The molecule has 0 aliphatic rings. The van der Waals surface area contributed by atoms with Crippen molar-refractivity contribution in [3.05, 3.63) is 30.6 Å². The van der Waals surface area contributed by atoms with Gasteiger partial charge < -0.3 is 9.55 Å². The molecule has 0 saturated heterocycles. The van der Waals surface area contributed by atoms with Gasteiger partial charge in [0.15, 0.2) is 0 Å². The maximum absolute atomic E-state index is 4.60. The van der Waals surface area contributed by atoms with Crippen molar-refractivity contribution in [1.29, 1.82) is 0 Å².